The van der Waals surface area contributed by atoms with E-state index < -0.39 is 0 Å². The van der Waals surface area contributed by atoms with Crippen LogP contribution in [0.3, 0.4) is 0 Å². The molecule has 0 bridgehead atoms. The Balaban J connectivity index is 0.000000717. The van der Waals surface area contributed by atoms with Gasteiger partial charge in [0, 0.05) is 0 Å². The Kier molecular flexibility index (Phi) is 23.1. The van der Waals surface area contributed by atoms with Crippen LogP contribution in [0.1, 0.15) is 111 Å². The van der Waals surface area contributed by atoms with Gasteiger partial charge in [-0.25, -0.2) is 6.08 Å². The van der Waals surface area contributed by atoms with Crippen LogP contribution < -0.4 is 0 Å². The average molecular weight is 856 g/mol. The summed E-state index contributed by atoms with van der Waals surface area (Å²) in [7, 11) is 0. The number of allylic oxidation sites excluding steroid dienone is 4. The topological polar surface area (TPSA) is 0 Å². The van der Waals surface area contributed by atoms with Gasteiger partial charge in [-0.15, -0.1) is 53.6 Å². The molecule has 0 heterocycles. The van der Waals surface area contributed by atoms with Crippen molar-refractivity contribution in [3.8, 4) is 11.1 Å². The number of rotatable bonds is 3. The van der Waals surface area contributed by atoms with Crippen LogP contribution in [-0.2, 0) is 41.5 Å². The average Bonchev–Trinajstić information content (AvgIpc) is 3.70. The van der Waals surface area contributed by atoms with Crippen LogP contribution in [0.2, 0.25) is 10.0 Å². The first-order valence-corrected chi connectivity index (χ1v) is 20.1. The second-order valence-corrected chi connectivity index (χ2v) is 16.6. The van der Waals surface area contributed by atoms with E-state index in [1.807, 2.05) is 0 Å². The first-order valence-electron chi connectivity index (χ1n) is 17.6. The predicted octanol–water partition coefficient (Wildman–Crippen LogP) is 14.9. The fourth-order valence-corrected chi connectivity index (χ4v) is 5.54. The van der Waals surface area contributed by atoms with E-state index in [0.717, 1.165) is 16.5 Å². The van der Waals surface area contributed by atoms with Crippen LogP contribution in [-0.4, -0.2) is 4.21 Å². The van der Waals surface area contributed by atoms with Crippen molar-refractivity contribution in [3.63, 3.8) is 0 Å². The van der Waals surface area contributed by atoms with Crippen molar-refractivity contribution >= 4 is 52.2 Å². The van der Waals surface area contributed by atoms with Crippen LogP contribution in [0.15, 0.2) is 96.6 Å². The molecule has 4 aromatic carbocycles. The molecule has 0 spiro atoms. The second-order valence-electron chi connectivity index (χ2n) is 15.7. The van der Waals surface area contributed by atoms with Gasteiger partial charge in [0.1, 0.15) is 0 Å². The summed E-state index contributed by atoms with van der Waals surface area (Å²) in [6.07, 6.45) is 12.9. The third-order valence-electron chi connectivity index (χ3n) is 8.45. The number of hydrogen-bond donors (Lipinski definition) is 0. The Hall–Kier alpha value is -1.73. The van der Waals surface area contributed by atoms with Gasteiger partial charge in [0.05, 0.1) is 0 Å². The van der Waals surface area contributed by atoms with Crippen LogP contribution in [0.4, 0.5) is 0 Å². The molecular formula is C47H58Cl4Zr-4. The van der Waals surface area contributed by atoms with E-state index in [1.54, 1.807) is 48.5 Å². The molecule has 1 atom stereocenters. The van der Waals surface area contributed by atoms with Gasteiger partial charge in [0.15, 0.2) is 0 Å². The Morgan fingerprint density at radius 3 is 1.62 bits per heavy atom. The fraction of sp³-hybridized carbons (Fsp3) is 0.383. The van der Waals surface area contributed by atoms with E-state index in [2.05, 4.69) is 140 Å². The number of benzene rings is 4. The van der Waals surface area contributed by atoms with Gasteiger partial charge in [-0.05, 0) is 17.4 Å². The summed E-state index contributed by atoms with van der Waals surface area (Å²) in [6.45, 7) is 22.7. The second kappa shape index (κ2) is 23.9. The van der Waals surface area contributed by atoms with Crippen LogP contribution in [0, 0.1) is 35.6 Å². The molecule has 5 heteroatoms. The van der Waals surface area contributed by atoms with E-state index >= 15 is 0 Å². The van der Waals surface area contributed by atoms with E-state index in [4.69, 9.17) is 23.2 Å². The molecular weight excluding hydrogens is 798 g/mol. The molecule has 0 fully saturated rings. The Morgan fingerprint density at radius 1 is 0.712 bits per heavy atom. The van der Waals surface area contributed by atoms with Crippen molar-refractivity contribution in [1.82, 2.24) is 0 Å². The van der Waals surface area contributed by atoms with E-state index in [1.165, 1.54) is 82.5 Å². The molecule has 1 unspecified atom stereocenters. The SMILES string of the molecule is CC(C)(C)c1c[c-]c2c(c1)-c1cc(C(C)(C)C)ccc1C2.CCCCC1[C-]=CC(C(C)(C)C)=C1.Cl.Cl.Clc1cc[c-]cc1.Clc1cc[c-]cc1.[CH2]=[Zr]. The third kappa shape index (κ3) is 17.2. The van der Waals surface area contributed by atoms with Gasteiger partial charge in [0.2, 0.25) is 0 Å². The zero-order valence-corrected chi connectivity index (χ0v) is 38.4. The third-order valence-corrected chi connectivity index (χ3v) is 8.95. The molecule has 0 radical (unpaired) electrons. The predicted molar refractivity (Wildman–Crippen MR) is 231 cm³/mol. The molecule has 52 heavy (non-hydrogen) atoms. The number of halogens is 4. The molecule has 0 amide bonds. The molecule has 0 N–H and O–H groups in total. The van der Waals surface area contributed by atoms with Crippen LogP contribution >= 0.6 is 48.0 Å². The maximum atomic E-state index is 5.52. The quantitative estimate of drug-likeness (QED) is 0.159. The molecule has 0 aromatic heterocycles. The fourth-order valence-electron chi connectivity index (χ4n) is 5.28. The number of hydrogen-bond acceptors (Lipinski definition) is 0. The molecule has 4 aromatic rings. The van der Waals surface area contributed by atoms with Crippen molar-refractivity contribution in [2.45, 2.75) is 106 Å². The van der Waals surface area contributed by atoms with Crippen molar-refractivity contribution in [1.29, 1.82) is 0 Å². The summed E-state index contributed by atoms with van der Waals surface area (Å²) in [6, 6.07) is 35.1. The van der Waals surface area contributed by atoms with Gasteiger partial charge in [-0.1, -0.05) is 145 Å². The van der Waals surface area contributed by atoms with E-state index in [9.17, 15) is 0 Å². The van der Waals surface area contributed by atoms with Crippen LogP contribution in [0.25, 0.3) is 11.1 Å². The van der Waals surface area contributed by atoms with Crippen molar-refractivity contribution in [3.05, 3.63) is 153 Å². The first-order chi connectivity index (χ1) is 23.5. The molecule has 0 aliphatic heterocycles. The minimum absolute atomic E-state index is 0. The van der Waals surface area contributed by atoms with Gasteiger partial charge in [0.25, 0.3) is 0 Å². The van der Waals surface area contributed by atoms with Gasteiger partial charge < -0.3 is 0 Å². The molecule has 2 aliphatic rings. The zero-order chi connectivity index (χ0) is 37.5. The summed E-state index contributed by atoms with van der Waals surface area (Å²) in [4.78, 5) is 0. The van der Waals surface area contributed by atoms with Gasteiger partial charge in [-0.2, -0.15) is 102 Å². The summed E-state index contributed by atoms with van der Waals surface area (Å²) in [5.74, 6) is 0.592. The number of fused-ring (bicyclic) bond motifs is 3. The maximum absolute atomic E-state index is 5.52. The van der Waals surface area contributed by atoms with Crippen molar-refractivity contribution in [2.75, 3.05) is 0 Å². The van der Waals surface area contributed by atoms with E-state index in [0.29, 0.717) is 11.3 Å². The summed E-state index contributed by atoms with van der Waals surface area (Å²) in [5.41, 5.74) is 10.5. The molecule has 0 saturated heterocycles. The normalized spacial score (nSPS) is 13.6. The minimum atomic E-state index is 0. The van der Waals surface area contributed by atoms with E-state index in [-0.39, 0.29) is 35.6 Å². The van der Waals surface area contributed by atoms with Crippen molar-refractivity contribution < 1.29 is 24.2 Å². The van der Waals surface area contributed by atoms with Gasteiger partial charge >= 0.3 is 28.4 Å². The van der Waals surface area contributed by atoms with Crippen LogP contribution in [0.5, 0.6) is 0 Å². The van der Waals surface area contributed by atoms with Crippen molar-refractivity contribution in [2.24, 2.45) is 11.3 Å². The Labute approximate surface area is 355 Å². The Morgan fingerprint density at radius 2 is 1.21 bits per heavy atom. The Bertz CT molecular complexity index is 1560. The molecule has 0 saturated carbocycles. The summed E-state index contributed by atoms with van der Waals surface area (Å²) >= 11 is 12.3. The zero-order valence-electron chi connectivity index (χ0n) is 32.8. The molecule has 282 valence electrons. The monoisotopic (exact) mass is 852 g/mol. The summed E-state index contributed by atoms with van der Waals surface area (Å²) in [5, 5.41) is 1.53. The molecule has 6 rings (SSSR count). The molecule has 2 aliphatic carbocycles. The standard InChI is InChI=1S/C21H25.C13H21.2C6H4Cl.CH2.2ClH.Zr/c1-20(2,3)16-9-7-14-11-15-8-10-17(21(4,5)6)13-19(15)18(14)12-16;1-5-6-7-11-8-9-12(10-11)13(2,3)4;2*7-6-4-2-1-3-5-6;;;;/h7,9-10,12-13H,11H2,1-6H3;9-11H,5-7H2,1-4H3;2*2-5H;1H2;2*1H;/q4*-1;;;;. The number of unbranched alkanes of at least 4 members (excludes halogenated alkanes) is 1. The first kappa shape index (κ1) is 50.3. The summed E-state index contributed by atoms with van der Waals surface area (Å²) < 4.78 is 3.34. The van der Waals surface area contributed by atoms with Gasteiger partial charge in [-0.3, -0.25) is 6.08 Å². The molecule has 0 nitrogen and oxygen atoms in total.